The quantitative estimate of drug-likeness (QED) is 0.689. The van der Waals surface area contributed by atoms with Gasteiger partial charge >= 0.3 is 0 Å². The Kier molecular flexibility index (Phi) is 3.42. The highest BCUT2D eigenvalue weighted by molar-refractivity contribution is 6.18. The molecule has 0 spiro atoms. The number of hydrogen-bond acceptors (Lipinski definition) is 3. The Morgan fingerprint density at radius 2 is 2.06 bits per heavy atom. The van der Waals surface area contributed by atoms with Gasteiger partial charge in [0.15, 0.2) is 5.79 Å². The zero-order valence-electron chi connectivity index (χ0n) is 9.74. The maximum atomic E-state index is 11.8. The van der Waals surface area contributed by atoms with Crippen molar-refractivity contribution in [2.45, 2.75) is 32.1 Å². The van der Waals surface area contributed by atoms with Crippen molar-refractivity contribution < 1.29 is 14.3 Å². The molecule has 2 aliphatic heterocycles. The molecule has 2 heterocycles. The molecule has 0 aromatic rings. The average Bonchev–Trinajstić information content (AvgIpc) is 2.60. The summed E-state index contributed by atoms with van der Waals surface area (Å²) < 4.78 is 11.1. The van der Waals surface area contributed by atoms with Gasteiger partial charge in [-0.25, -0.2) is 0 Å². The lowest BCUT2D eigenvalue weighted by Crippen LogP contribution is -2.51. The first kappa shape index (κ1) is 12.1. The van der Waals surface area contributed by atoms with Crippen LogP contribution in [0.25, 0.3) is 0 Å². The highest BCUT2D eigenvalue weighted by atomic mass is 35.5. The third-order valence-corrected chi connectivity index (χ3v) is 3.58. The molecular weight excluding hydrogens is 230 g/mol. The molecule has 2 fully saturated rings. The lowest BCUT2D eigenvalue weighted by Gasteiger charge is -2.38. The second kappa shape index (κ2) is 4.51. The SMILES string of the molecule is CC1(C)OCC(N2CC(CCl)CC2=O)CO1. The van der Waals surface area contributed by atoms with Crippen LogP contribution >= 0.6 is 11.6 Å². The van der Waals surface area contributed by atoms with E-state index in [2.05, 4.69) is 0 Å². The van der Waals surface area contributed by atoms with Crippen molar-refractivity contribution in [1.82, 2.24) is 4.90 Å². The molecule has 5 heteroatoms. The van der Waals surface area contributed by atoms with Crippen molar-refractivity contribution in [3.8, 4) is 0 Å². The van der Waals surface area contributed by atoms with Gasteiger partial charge in [0.1, 0.15) is 0 Å². The molecule has 0 aliphatic carbocycles. The van der Waals surface area contributed by atoms with E-state index < -0.39 is 5.79 Å². The van der Waals surface area contributed by atoms with Crippen LogP contribution in [0, 0.1) is 5.92 Å². The number of likely N-dealkylation sites (tertiary alicyclic amines) is 1. The number of carbonyl (C=O) groups excluding carboxylic acids is 1. The maximum absolute atomic E-state index is 11.8. The smallest absolute Gasteiger partial charge is 0.223 e. The predicted molar refractivity (Wildman–Crippen MR) is 60.3 cm³/mol. The van der Waals surface area contributed by atoms with E-state index in [9.17, 15) is 4.79 Å². The van der Waals surface area contributed by atoms with Gasteiger partial charge in [0.05, 0.1) is 19.3 Å². The van der Waals surface area contributed by atoms with Crippen molar-refractivity contribution in [3.05, 3.63) is 0 Å². The maximum Gasteiger partial charge on any atom is 0.223 e. The van der Waals surface area contributed by atoms with E-state index >= 15 is 0 Å². The minimum atomic E-state index is -0.523. The van der Waals surface area contributed by atoms with E-state index in [0.29, 0.717) is 25.5 Å². The van der Waals surface area contributed by atoms with Crippen LogP contribution in [-0.4, -0.2) is 48.3 Å². The number of nitrogens with zero attached hydrogens (tertiary/aromatic N) is 1. The number of carbonyl (C=O) groups is 1. The Morgan fingerprint density at radius 3 is 2.56 bits per heavy atom. The topological polar surface area (TPSA) is 38.8 Å². The van der Waals surface area contributed by atoms with Crippen LogP contribution in [0.5, 0.6) is 0 Å². The highest BCUT2D eigenvalue weighted by Gasteiger charge is 2.38. The molecule has 1 unspecified atom stereocenters. The van der Waals surface area contributed by atoms with E-state index in [4.69, 9.17) is 21.1 Å². The molecule has 0 aromatic heterocycles. The van der Waals surface area contributed by atoms with Crippen LogP contribution in [-0.2, 0) is 14.3 Å². The second-order valence-electron chi connectivity index (χ2n) is 4.95. The summed E-state index contributed by atoms with van der Waals surface area (Å²) in [7, 11) is 0. The van der Waals surface area contributed by atoms with E-state index in [-0.39, 0.29) is 17.9 Å². The third-order valence-electron chi connectivity index (χ3n) is 3.14. The zero-order valence-corrected chi connectivity index (χ0v) is 10.5. The first-order chi connectivity index (χ1) is 7.52. The first-order valence-electron chi connectivity index (χ1n) is 5.65. The fourth-order valence-electron chi connectivity index (χ4n) is 2.13. The van der Waals surface area contributed by atoms with Crippen LogP contribution < -0.4 is 0 Å². The van der Waals surface area contributed by atoms with Gasteiger partial charge in [0.25, 0.3) is 0 Å². The van der Waals surface area contributed by atoms with Crippen LogP contribution in [0.1, 0.15) is 20.3 Å². The molecule has 0 N–H and O–H groups in total. The predicted octanol–water partition coefficient (Wildman–Crippen LogP) is 1.23. The highest BCUT2D eigenvalue weighted by Crippen LogP contribution is 2.26. The molecule has 0 aromatic carbocycles. The summed E-state index contributed by atoms with van der Waals surface area (Å²) in [4.78, 5) is 13.6. The number of halogens is 1. The average molecular weight is 248 g/mol. The fourth-order valence-corrected chi connectivity index (χ4v) is 2.33. The van der Waals surface area contributed by atoms with E-state index in [1.807, 2.05) is 18.7 Å². The fraction of sp³-hybridized carbons (Fsp3) is 0.909. The molecule has 16 heavy (non-hydrogen) atoms. The van der Waals surface area contributed by atoms with Crippen LogP contribution in [0.2, 0.25) is 0 Å². The van der Waals surface area contributed by atoms with Gasteiger partial charge in [0, 0.05) is 18.8 Å². The van der Waals surface area contributed by atoms with Gasteiger partial charge in [-0.15, -0.1) is 11.6 Å². The molecule has 0 radical (unpaired) electrons. The van der Waals surface area contributed by atoms with Gasteiger partial charge in [-0.3, -0.25) is 4.79 Å². The Morgan fingerprint density at radius 1 is 1.44 bits per heavy atom. The van der Waals surface area contributed by atoms with Crippen molar-refractivity contribution >= 4 is 17.5 Å². The van der Waals surface area contributed by atoms with E-state index in [1.54, 1.807) is 0 Å². The number of ether oxygens (including phenoxy) is 2. The Hall–Kier alpha value is -0.320. The first-order valence-corrected chi connectivity index (χ1v) is 6.18. The zero-order chi connectivity index (χ0) is 11.8. The molecule has 2 rings (SSSR count). The summed E-state index contributed by atoms with van der Waals surface area (Å²) in [5, 5.41) is 0. The molecule has 92 valence electrons. The summed E-state index contributed by atoms with van der Waals surface area (Å²) >= 11 is 5.78. The Labute approximate surface area is 101 Å². The van der Waals surface area contributed by atoms with Crippen molar-refractivity contribution in [1.29, 1.82) is 0 Å². The van der Waals surface area contributed by atoms with Gasteiger partial charge < -0.3 is 14.4 Å². The molecule has 0 saturated carbocycles. The van der Waals surface area contributed by atoms with Gasteiger partial charge in [-0.2, -0.15) is 0 Å². The summed E-state index contributed by atoms with van der Waals surface area (Å²) in [6.45, 7) is 5.61. The van der Waals surface area contributed by atoms with Crippen LogP contribution in [0.4, 0.5) is 0 Å². The summed E-state index contributed by atoms with van der Waals surface area (Å²) in [6.07, 6.45) is 0.559. The van der Waals surface area contributed by atoms with Gasteiger partial charge in [-0.1, -0.05) is 0 Å². The second-order valence-corrected chi connectivity index (χ2v) is 5.25. The molecule has 2 saturated heterocycles. The minimum absolute atomic E-state index is 0.0498. The van der Waals surface area contributed by atoms with Crippen LogP contribution in [0.3, 0.4) is 0 Å². The monoisotopic (exact) mass is 247 g/mol. The number of hydrogen-bond donors (Lipinski definition) is 0. The van der Waals surface area contributed by atoms with Crippen molar-refractivity contribution in [2.24, 2.45) is 5.92 Å². The number of rotatable bonds is 2. The largest absolute Gasteiger partial charge is 0.348 e. The lowest BCUT2D eigenvalue weighted by molar-refractivity contribution is -0.262. The van der Waals surface area contributed by atoms with Crippen molar-refractivity contribution in [3.63, 3.8) is 0 Å². The third kappa shape index (κ3) is 2.50. The molecule has 0 bridgehead atoms. The Bertz CT molecular complexity index is 272. The van der Waals surface area contributed by atoms with E-state index in [0.717, 1.165) is 6.54 Å². The summed E-state index contributed by atoms with van der Waals surface area (Å²) in [5.74, 6) is 0.472. The number of amides is 1. The molecule has 1 amide bonds. The Balaban J connectivity index is 1.92. The normalized spacial score (nSPS) is 31.1. The molecule has 4 nitrogen and oxygen atoms in total. The molecule has 2 aliphatic rings. The van der Waals surface area contributed by atoms with Crippen molar-refractivity contribution in [2.75, 3.05) is 25.6 Å². The van der Waals surface area contributed by atoms with Crippen LogP contribution in [0.15, 0.2) is 0 Å². The standard InChI is InChI=1S/C11H18ClNO3/c1-11(2)15-6-9(7-16-11)13-5-8(4-12)3-10(13)14/h8-9H,3-7H2,1-2H3. The summed E-state index contributed by atoms with van der Waals surface area (Å²) in [6, 6.07) is 0.0498. The van der Waals surface area contributed by atoms with Gasteiger partial charge in [-0.05, 0) is 19.8 Å². The summed E-state index contributed by atoms with van der Waals surface area (Å²) in [5.41, 5.74) is 0. The molecular formula is C11H18ClNO3. The lowest BCUT2D eigenvalue weighted by atomic mass is 10.1. The molecule has 1 atom stereocenters. The van der Waals surface area contributed by atoms with E-state index in [1.165, 1.54) is 0 Å². The minimum Gasteiger partial charge on any atom is -0.348 e. The number of alkyl halides is 1. The van der Waals surface area contributed by atoms with Gasteiger partial charge in [0.2, 0.25) is 5.91 Å².